The van der Waals surface area contributed by atoms with Crippen LogP contribution in [0.1, 0.15) is 25.0 Å². The molecule has 0 aliphatic carbocycles. The number of guanidine groups is 1. The molecule has 0 aliphatic heterocycles. The third kappa shape index (κ3) is 9.12. The zero-order chi connectivity index (χ0) is 21.2. The largest absolute Gasteiger partial charge is 0.434 e. The first-order valence-electron chi connectivity index (χ1n) is 8.99. The second kappa shape index (κ2) is 13.2. The predicted octanol–water partition coefficient (Wildman–Crippen LogP) is 4.77. The van der Waals surface area contributed by atoms with E-state index in [1.54, 1.807) is 12.1 Å². The summed E-state index contributed by atoms with van der Waals surface area (Å²) in [7, 11) is 0. The number of carbonyl (C=O) groups excluding carboxylic acids is 1. The van der Waals surface area contributed by atoms with Gasteiger partial charge in [0.15, 0.2) is 5.96 Å². The Bertz CT molecular complexity index is 868. The van der Waals surface area contributed by atoms with Crippen LogP contribution in [-0.2, 0) is 17.9 Å². The third-order valence-electron chi connectivity index (χ3n) is 3.70. The number of halogens is 4. The summed E-state index contributed by atoms with van der Waals surface area (Å²) >= 11 is 5.98. The van der Waals surface area contributed by atoms with Crippen molar-refractivity contribution in [3.8, 4) is 5.75 Å². The maximum absolute atomic E-state index is 12.6. The van der Waals surface area contributed by atoms with Crippen LogP contribution in [-0.4, -0.2) is 25.0 Å². The Balaban J connectivity index is 0.00000450. The highest BCUT2D eigenvalue weighted by Gasteiger charge is 2.11. The van der Waals surface area contributed by atoms with E-state index in [2.05, 4.69) is 25.7 Å². The van der Waals surface area contributed by atoms with E-state index in [9.17, 15) is 13.6 Å². The lowest BCUT2D eigenvalue weighted by molar-refractivity contribution is -0.114. The average molecular weight is 553 g/mol. The van der Waals surface area contributed by atoms with E-state index < -0.39 is 6.61 Å². The van der Waals surface area contributed by atoms with Crippen LogP contribution >= 0.6 is 35.6 Å². The summed E-state index contributed by atoms with van der Waals surface area (Å²) in [6.07, 6.45) is 0. The lowest BCUT2D eigenvalue weighted by Crippen LogP contribution is -2.36. The van der Waals surface area contributed by atoms with Gasteiger partial charge in [0.05, 0.1) is 6.54 Å². The van der Waals surface area contributed by atoms with Crippen molar-refractivity contribution in [2.45, 2.75) is 33.5 Å². The maximum atomic E-state index is 12.6. The van der Waals surface area contributed by atoms with Crippen LogP contribution < -0.4 is 20.7 Å². The molecule has 0 unspecified atom stereocenters. The van der Waals surface area contributed by atoms with Gasteiger partial charge < -0.3 is 20.7 Å². The maximum Gasteiger partial charge on any atom is 0.387 e. The number of amides is 1. The van der Waals surface area contributed by atoms with E-state index in [1.807, 2.05) is 25.1 Å². The van der Waals surface area contributed by atoms with Crippen molar-refractivity contribution < 1.29 is 18.3 Å². The van der Waals surface area contributed by atoms with E-state index >= 15 is 0 Å². The molecule has 0 aromatic heterocycles. The number of benzene rings is 2. The molecule has 0 atom stereocenters. The Morgan fingerprint density at radius 3 is 2.63 bits per heavy atom. The highest BCUT2D eigenvalue weighted by molar-refractivity contribution is 14.0. The number of nitrogens with zero attached hydrogens (tertiary/aromatic N) is 1. The molecule has 6 nitrogen and oxygen atoms in total. The van der Waals surface area contributed by atoms with Crippen molar-refractivity contribution in [3.63, 3.8) is 0 Å². The molecule has 2 aromatic rings. The first-order valence-corrected chi connectivity index (χ1v) is 9.37. The summed E-state index contributed by atoms with van der Waals surface area (Å²) in [6.45, 7) is 1.61. The molecule has 2 aromatic carbocycles. The first-order chi connectivity index (χ1) is 13.9. The number of anilines is 1. The lowest BCUT2D eigenvalue weighted by Gasteiger charge is -2.15. The average Bonchev–Trinajstić information content (AvgIpc) is 2.65. The molecule has 0 heterocycles. The van der Waals surface area contributed by atoms with Crippen LogP contribution in [0.4, 0.5) is 14.5 Å². The van der Waals surface area contributed by atoms with Gasteiger partial charge in [-0.2, -0.15) is 8.78 Å². The third-order valence-corrected chi connectivity index (χ3v) is 3.93. The number of rotatable bonds is 8. The van der Waals surface area contributed by atoms with Crippen LogP contribution in [0.25, 0.3) is 0 Å². The molecule has 30 heavy (non-hydrogen) atoms. The number of hydrogen-bond acceptors (Lipinski definition) is 3. The minimum absolute atomic E-state index is 0. The fourth-order valence-electron chi connectivity index (χ4n) is 2.54. The molecule has 0 bridgehead atoms. The van der Waals surface area contributed by atoms with Gasteiger partial charge in [0, 0.05) is 36.3 Å². The Morgan fingerprint density at radius 1 is 1.20 bits per heavy atom. The van der Waals surface area contributed by atoms with Crippen LogP contribution in [0.15, 0.2) is 47.5 Å². The highest BCUT2D eigenvalue weighted by Crippen LogP contribution is 2.24. The molecule has 10 heteroatoms. The van der Waals surface area contributed by atoms with Gasteiger partial charge >= 0.3 is 6.61 Å². The predicted molar refractivity (Wildman–Crippen MR) is 126 cm³/mol. The molecule has 2 rings (SSSR count). The Morgan fingerprint density at radius 2 is 1.97 bits per heavy atom. The van der Waals surface area contributed by atoms with Crippen LogP contribution in [0.2, 0.25) is 5.02 Å². The van der Waals surface area contributed by atoms with Crippen LogP contribution in [0.5, 0.6) is 5.75 Å². The van der Waals surface area contributed by atoms with E-state index in [1.165, 1.54) is 19.1 Å². The minimum Gasteiger partial charge on any atom is -0.434 e. The Hall–Kier alpha value is -2.14. The fourth-order valence-corrected chi connectivity index (χ4v) is 2.73. The van der Waals surface area contributed by atoms with Crippen molar-refractivity contribution in [3.05, 3.63) is 58.6 Å². The molecule has 0 spiro atoms. The van der Waals surface area contributed by atoms with E-state index in [4.69, 9.17) is 11.6 Å². The quantitative estimate of drug-likeness (QED) is 0.251. The first kappa shape index (κ1) is 25.9. The van der Waals surface area contributed by atoms with Gasteiger partial charge in [0.2, 0.25) is 5.91 Å². The van der Waals surface area contributed by atoms with Crippen LogP contribution in [0.3, 0.4) is 0 Å². The molecule has 0 saturated carbocycles. The van der Waals surface area contributed by atoms with E-state index in [0.29, 0.717) is 35.3 Å². The smallest absolute Gasteiger partial charge is 0.387 e. The monoisotopic (exact) mass is 552 g/mol. The van der Waals surface area contributed by atoms with Crippen LogP contribution in [0, 0.1) is 0 Å². The number of hydrogen-bond donors (Lipinski definition) is 3. The number of alkyl halides is 2. The number of ether oxygens (including phenoxy) is 1. The van der Waals surface area contributed by atoms with Gasteiger partial charge in [-0.25, -0.2) is 4.99 Å². The van der Waals surface area contributed by atoms with Gasteiger partial charge in [-0.15, -0.1) is 24.0 Å². The number of aliphatic imine (C=N–C) groups is 1. The summed E-state index contributed by atoms with van der Waals surface area (Å²) in [5, 5.41) is 9.31. The van der Waals surface area contributed by atoms with Crippen molar-refractivity contribution >= 4 is 53.1 Å². The zero-order valence-electron chi connectivity index (χ0n) is 16.5. The second-order valence-electron chi connectivity index (χ2n) is 6.06. The molecule has 0 fully saturated rings. The van der Waals surface area contributed by atoms with Gasteiger partial charge in [0.25, 0.3) is 0 Å². The van der Waals surface area contributed by atoms with Crippen molar-refractivity contribution in [2.24, 2.45) is 4.99 Å². The minimum atomic E-state index is -2.92. The molecule has 164 valence electrons. The lowest BCUT2D eigenvalue weighted by atomic mass is 10.2. The van der Waals surface area contributed by atoms with Gasteiger partial charge in [-0.3, -0.25) is 4.79 Å². The Kier molecular flexibility index (Phi) is 11.4. The molecule has 0 saturated heterocycles. The zero-order valence-corrected chi connectivity index (χ0v) is 19.6. The molecule has 0 aliphatic rings. The van der Waals surface area contributed by atoms with Gasteiger partial charge in [0.1, 0.15) is 5.75 Å². The number of nitrogens with one attached hydrogen (secondary N) is 3. The molecular weight excluding hydrogens is 529 g/mol. The topological polar surface area (TPSA) is 74.8 Å². The second-order valence-corrected chi connectivity index (χ2v) is 6.50. The summed E-state index contributed by atoms with van der Waals surface area (Å²) in [5.74, 6) is 0.403. The molecule has 1 amide bonds. The molecule has 0 radical (unpaired) electrons. The van der Waals surface area contributed by atoms with E-state index in [-0.39, 0.29) is 42.2 Å². The summed E-state index contributed by atoms with van der Waals surface area (Å²) < 4.78 is 29.7. The molecule has 3 N–H and O–H groups in total. The fraction of sp³-hybridized carbons (Fsp3) is 0.300. The highest BCUT2D eigenvalue weighted by atomic mass is 127. The molecular formula is C20H24ClF2IN4O2. The van der Waals surface area contributed by atoms with Crippen molar-refractivity contribution in [1.29, 1.82) is 0 Å². The standard InChI is InChI=1S/C20H23ClF2N4O2.HI/c1-3-24-20(25-11-14-5-4-6-17(9-14)27-13(2)28)26-12-15-10-16(21)7-8-18(15)29-19(22)23;/h4-10,19H,3,11-12H2,1-2H3,(H,27,28)(H2,24,25,26);1H. The Labute approximate surface area is 196 Å². The normalized spacial score (nSPS) is 10.9. The number of carbonyl (C=O) groups is 1. The van der Waals surface area contributed by atoms with Crippen molar-refractivity contribution in [1.82, 2.24) is 10.6 Å². The van der Waals surface area contributed by atoms with Gasteiger partial charge in [-0.05, 0) is 42.8 Å². The van der Waals surface area contributed by atoms with Gasteiger partial charge in [-0.1, -0.05) is 23.7 Å². The summed E-state index contributed by atoms with van der Waals surface area (Å²) in [4.78, 5) is 15.7. The summed E-state index contributed by atoms with van der Waals surface area (Å²) in [6, 6.07) is 11.8. The SMILES string of the molecule is CCNC(=NCc1cccc(NC(C)=O)c1)NCc1cc(Cl)ccc1OC(F)F.I. The summed E-state index contributed by atoms with van der Waals surface area (Å²) in [5.41, 5.74) is 2.07. The van der Waals surface area contributed by atoms with Crippen molar-refractivity contribution in [2.75, 3.05) is 11.9 Å². The van der Waals surface area contributed by atoms with E-state index in [0.717, 1.165) is 5.56 Å².